The largest absolute Gasteiger partial charge is 0.497 e. The van der Waals surface area contributed by atoms with Crippen LogP contribution in [0, 0.1) is 5.92 Å². The van der Waals surface area contributed by atoms with Crippen LogP contribution in [0.4, 0.5) is 0 Å². The summed E-state index contributed by atoms with van der Waals surface area (Å²) in [5.41, 5.74) is 6.15. The fourth-order valence-corrected chi connectivity index (χ4v) is 9.12. The lowest BCUT2D eigenvalue weighted by Gasteiger charge is -2.37. The molecule has 3 aliphatic heterocycles. The van der Waals surface area contributed by atoms with Crippen LogP contribution >= 0.6 is 11.6 Å². The number of nitrogens with one attached hydrogen (secondary N) is 3. The molecule has 2 atom stereocenters. The van der Waals surface area contributed by atoms with Gasteiger partial charge in [0.1, 0.15) is 35.1 Å². The minimum Gasteiger partial charge on any atom is -0.497 e. The number of ether oxygens (including phenoxy) is 3. The van der Waals surface area contributed by atoms with Gasteiger partial charge in [0, 0.05) is 76.0 Å². The van der Waals surface area contributed by atoms with Crippen molar-refractivity contribution in [1.82, 2.24) is 25.1 Å². The van der Waals surface area contributed by atoms with Crippen molar-refractivity contribution in [2.75, 3.05) is 53.0 Å². The first kappa shape index (κ1) is 39.7. The number of aromatic carboxylic acids is 1. The van der Waals surface area contributed by atoms with Gasteiger partial charge in [0.05, 0.1) is 26.6 Å². The van der Waals surface area contributed by atoms with Gasteiger partial charge < -0.3 is 43.9 Å². The summed E-state index contributed by atoms with van der Waals surface area (Å²) in [7, 11) is 1.63. The number of furan rings is 1. The number of fused-ring (bicyclic) bond motifs is 4. The number of carbonyl (C=O) groups excluding carboxylic acids is 1. The Labute approximate surface area is 352 Å². The number of nitrogens with zero attached hydrogens (tertiary/aromatic N) is 2. The maximum atomic E-state index is 13.2. The van der Waals surface area contributed by atoms with Crippen LogP contribution in [0.15, 0.2) is 102 Å². The number of hydrogen-bond acceptors (Lipinski definition) is 8. The molecule has 0 aliphatic carbocycles. The minimum atomic E-state index is -0.957. The van der Waals surface area contributed by atoms with Gasteiger partial charge in [-0.1, -0.05) is 41.9 Å². The number of carbonyl (C=O) groups is 2. The third kappa shape index (κ3) is 8.46. The average Bonchev–Trinajstić information content (AvgIpc) is 4.09. The maximum absolute atomic E-state index is 13.2. The molecule has 0 unspecified atom stereocenters. The molecule has 6 heterocycles. The summed E-state index contributed by atoms with van der Waals surface area (Å²) in [5.74, 6) is 1.18. The van der Waals surface area contributed by atoms with Gasteiger partial charge in [-0.25, -0.2) is 4.79 Å². The van der Waals surface area contributed by atoms with Crippen molar-refractivity contribution < 1.29 is 33.3 Å². The summed E-state index contributed by atoms with van der Waals surface area (Å²) >= 11 is 6.18. The van der Waals surface area contributed by atoms with Crippen LogP contribution in [0.2, 0.25) is 5.02 Å². The second-order valence-corrected chi connectivity index (χ2v) is 16.3. The van der Waals surface area contributed by atoms with Gasteiger partial charge in [-0.2, -0.15) is 0 Å². The molecule has 10 rings (SSSR count). The van der Waals surface area contributed by atoms with Gasteiger partial charge in [-0.3, -0.25) is 9.69 Å². The van der Waals surface area contributed by atoms with Gasteiger partial charge >= 0.3 is 5.97 Å². The topological polar surface area (TPSA) is 145 Å². The van der Waals surface area contributed by atoms with E-state index < -0.39 is 5.97 Å². The van der Waals surface area contributed by atoms with Crippen molar-refractivity contribution in [3.05, 3.63) is 119 Å². The molecule has 0 radical (unpaired) electrons. The van der Waals surface area contributed by atoms with Gasteiger partial charge in [0.25, 0.3) is 5.91 Å². The van der Waals surface area contributed by atoms with Gasteiger partial charge in [-0.05, 0) is 104 Å². The van der Waals surface area contributed by atoms with Crippen molar-refractivity contribution in [3.63, 3.8) is 0 Å². The first-order valence-electron chi connectivity index (χ1n) is 20.5. The number of aromatic amines is 2. The van der Waals surface area contributed by atoms with E-state index in [1.54, 1.807) is 19.4 Å². The van der Waals surface area contributed by atoms with Crippen molar-refractivity contribution in [2.45, 2.75) is 38.0 Å². The number of H-pyrrole nitrogens is 2. The number of aromatic nitrogens is 2. The van der Waals surface area contributed by atoms with Gasteiger partial charge in [-0.15, -0.1) is 0 Å². The summed E-state index contributed by atoms with van der Waals surface area (Å²) in [6.07, 6.45) is 4.92. The van der Waals surface area contributed by atoms with E-state index >= 15 is 0 Å². The summed E-state index contributed by atoms with van der Waals surface area (Å²) in [4.78, 5) is 35.6. The lowest BCUT2D eigenvalue weighted by atomic mass is 9.97. The fraction of sp³-hybridized carbons (Fsp3) is 0.319. The van der Waals surface area contributed by atoms with Crippen molar-refractivity contribution in [3.8, 4) is 22.6 Å². The Hall–Kier alpha value is -5.79. The van der Waals surface area contributed by atoms with Crippen LogP contribution in [0.3, 0.4) is 0 Å². The maximum Gasteiger partial charge on any atom is 0.352 e. The molecule has 4 N–H and O–H groups in total. The third-order valence-corrected chi connectivity index (χ3v) is 12.4. The van der Waals surface area contributed by atoms with Crippen LogP contribution in [0.25, 0.3) is 43.9 Å². The molecule has 0 spiro atoms. The number of amides is 1. The molecule has 0 saturated carbocycles. The van der Waals surface area contributed by atoms with Crippen molar-refractivity contribution >= 4 is 56.3 Å². The minimum absolute atomic E-state index is 0.0677. The number of piperidine rings is 1. The zero-order valence-electron chi connectivity index (χ0n) is 33.4. The smallest absolute Gasteiger partial charge is 0.352 e. The van der Waals surface area contributed by atoms with Gasteiger partial charge in [0.15, 0.2) is 0 Å². The third-order valence-electron chi connectivity index (χ3n) is 12.2. The first-order chi connectivity index (χ1) is 29.3. The Bertz CT molecular complexity index is 2630. The first-order valence-corrected chi connectivity index (χ1v) is 20.9. The Morgan fingerprint density at radius 2 is 1.63 bits per heavy atom. The summed E-state index contributed by atoms with van der Waals surface area (Å²) in [5, 5.41) is 15.7. The molecule has 13 heteroatoms. The molecule has 3 aliphatic rings. The highest BCUT2D eigenvalue weighted by molar-refractivity contribution is 6.31. The van der Waals surface area contributed by atoms with E-state index in [1.165, 1.54) is 13.0 Å². The van der Waals surface area contributed by atoms with Crippen molar-refractivity contribution in [1.29, 1.82) is 0 Å². The van der Waals surface area contributed by atoms with Crippen LogP contribution in [-0.4, -0.2) is 102 Å². The number of carboxylic acids is 1. The Morgan fingerprint density at radius 1 is 0.867 bits per heavy atom. The molecule has 12 nitrogen and oxygen atoms in total. The molecule has 310 valence electrons. The predicted octanol–water partition coefficient (Wildman–Crippen LogP) is 8.60. The molecule has 0 bridgehead atoms. The number of methoxy groups -OCH3 is 1. The standard InChI is InChI=1S/C31H35ClN4O4.C16H13NO3/c32-22-4-5-30-24(14-22)21(18-40-30)17-39-29-3-1-2-26-25(29)15-27(34-26)31(37)33-23-7-9-35(10-8-23)16-20-6-11-36-12-13-38-19-28(20)36;1-20-11-7-5-10(6-8-11)12-3-2-4-14-13(12)9-15(17-14)16(18)19/h1-5,14-15,18,20,23,28,34H,6-13,16-17,19H2,(H,33,37);2-9,17H,1H3,(H,18,19)/t20-,28+;/m0./s1. The lowest BCUT2D eigenvalue weighted by molar-refractivity contribution is -0.00454. The zero-order chi connectivity index (χ0) is 41.2. The van der Waals surface area contributed by atoms with E-state index in [2.05, 4.69) is 25.1 Å². The SMILES string of the molecule is COc1ccc(-c2cccc3[nH]c(C(=O)O)cc23)cc1.O=C(NC1CCN(C[C@@H]2CCN3CCOC[C@H]23)CC1)c1cc2c(OCc3coc4ccc(Cl)cc34)cccc2[nH]1. The fourth-order valence-electron chi connectivity index (χ4n) is 8.95. The van der Waals surface area contributed by atoms with E-state index in [4.69, 9.17) is 35.3 Å². The normalized spacial score (nSPS) is 18.6. The molecule has 4 aromatic carbocycles. The number of benzene rings is 4. The number of likely N-dealkylation sites (tertiary alicyclic amines) is 1. The number of hydrogen-bond donors (Lipinski definition) is 4. The highest BCUT2D eigenvalue weighted by Crippen LogP contribution is 2.33. The lowest BCUT2D eigenvalue weighted by Crippen LogP contribution is -2.49. The highest BCUT2D eigenvalue weighted by Gasteiger charge is 2.37. The zero-order valence-corrected chi connectivity index (χ0v) is 34.2. The van der Waals surface area contributed by atoms with E-state index in [1.807, 2.05) is 84.9 Å². The van der Waals surface area contributed by atoms with Crippen LogP contribution in [0.5, 0.6) is 11.5 Å². The molecular weight excluding hydrogens is 782 g/mol. The predicted molar refractivity (Wildman–Crippen MR) is 232 cm³/mol. The molecule has 3 fully saturated rings. The molecular formula is C47H48ClN5O7. The van der Waals surface area contributed by atoms with Crippen LogP contribution in [-0.2, 0) is 11.3 Å². The Morgan fingerprint density at radius 3 is 2.43 bits per heavy atom. The van der Waals surface area contributed by atoms with E-state index in [0.29, 0.717) is 35.0 Å². The van der Waals surface area contributed by atoms with E-state index in [9.17, 15) is 9.59 Å². The van der Waals surface area contributed by atoms with Crippen LogP contribution < -0.4 is 14.8 Å². The molecule has 7 aromatic rings. The molecule has 1 amide bonds. The number of rotatable bonds is 10. The quantitative estimate of drug-likeness (QED) is 0.107. The Balaban J connectivity index is 0.000000194. The number of halogens is 1. The highest BCUT2D eigenvalue weighted by atomic mass is 35.5. The summed E-state index contributed by atoms with van der Waals surface area (Å²) in [6.45, 7) is 7.55. The number of morpholine rings is 1. The number of carboxylic acid groups (broad SMARTS) is 1. The van der Waals surface area contributed by atoms with E-state index in [0.717, 1.165) is 107 Å². The van der Waals surface area contributed by atoms with Gasteiger partial charge in [0.2, 0.25) is 0 Å². The monoisotopic (exact) mass is 829 g/mol. The second-order valence-electron chi connectivity index (χ2n) is 15.8. The average molecular weight is 830 g/mol. The second kappa shape index (κ2) is 17.4. The summed E-state index contributed by atoms with van der Waals surface area (Å²) < 4.78 is 22.7. The van der Waals surface area contributed by atoms with Crippen LogP contribution in [0.1, 0.15) is 45.8 Å². The Kier molecular flexibility index (Phi) is 11.5. The van der Waals surface area contributed by atoms with Crippen molar-refractivity contribution in [2.24, 2.45) is 5.92 Å². The molecule has 3 saturated heterocycles. The molecule has 60 heavy (non-hydrogen) atoms. The summed E-state index contributed by atoms with van der Waals surface area (Å²) in [6, 6.07) is 29.1. The molecule has 3 aromatic heterocycles. The van der Waals surface area contributed by atoms with E-state index in [-0.39, 0.29) is 17.6 Å².